The summed E-state index contributed by atoms with van der Waals surface area (Å²) in [6.45, 7) is 3.90. The molecule has 0 atom stereocenters. The number of thioether (sulfide) groups is 1. The van der Waals surface area contributed by atoms with Crippen molar-refractivity contribution in [2.24, 2.45) is 0 Å². The molecule has 0 heterocycles. The standard InChI is InChI=1S/C23H24N2O4S2/c1-16-4-5-19(14-17(16)2)25-31(27,28)22-12-6-18(7-13-22)24-23(26)15-30-21-10-8-20(29-3)9-11-21/h4-14,25H,15H2,1-3H3,(H,24,26). The summed E-state index contributed by atoms with van der Waals surface area (Å²) in [5.41, 5.74) is 3.14. The van der Waals surface area contributed by atoms with Crippen molar-refractivity contribution in [1.29, 1.82) is 0 Å². The highest BCUT2D eigenvalue weighted by atomic mass is 32.2. The van der Waals surface area contributed by atoms with Crippen LogP contribution in [0.25, 0.3) is 0 Å². The fraction of sp³-hybridized carbons (Fsp3) is 0.174. The molecular formula is C23H24N2O4S2. The number of carbonyl (C=O) groups excluding carboxylic acids is 1. The van der Waals surface area contributed by atoms with Gasteiger partial charge in [0.2, 0.25) is 5.91 Å². The fourth-order valence-electron chi connectivity index (χ4n) is 2.75. The van der Waals surface area contributed by atoms with Gasteiger partial charge in [-0.05, 0) is 85.6 Å². The SMILES string of the molecule is COc1ccc(SCC(=O)Nc2ccc(S(=O)(=O)Nc3ccc(C)c(C)c3)cc2)cc1. The number of nitrogens with one attached hydrogen (secondary N) is 2. The minimum Gasteiger partial charge on any atom is -0.497 e. The Kier molecular flexibility index (Phi) is 7.25. The second kappa shape index (κ2) is 9.89. The smallest absolute Gasteiger partial charge is 0.261 e. The Morgan fingerprint density at radius 3 is 2.16 bits per heavy atom. The normalized spacial score (nSPS) is 11.1. The van der Waals surface area contributed by atoms with E-state index in [1.165, 1.54) is 23.9 Å². The second-order valence-electron chi connectivity index (χ2n) is 6.94. The first kappa shape index (κ1) is 22.7. The Balaban J connectivity index is 1.58. The van der Waals surface area contributed by atoms with E-state index in [1.807, 2.05) is 44.2 Å². The van der Waals surface area contributed by atoms with Gasteiger partial charge in [0.1, 0.15) is 5.75 Å². The van der Waals surface area contributed by atoms with Gasteiger partial charge in [0.15, 0.2) is 0 Å². The minimum atomic E-state index is -3.72. The largest absolute Gasteiger partial charge is 0.497 e. The van der Waals surface area contributed by atoms with Crippen LogP contribution in [0.3, 0.4) is 0 Å². The van der Waals surface area contributed by atoms with Crippen LogP contribution >= 0.6 is 11.8 Å². The van der Waals surface area contributed by atoms with Crippen LogP contribution in [0.4, 0.5) is 11.4 Å². The molecule has 31 heavy (non-hydrogen) atoms. The van der Waals surface area contributed by atoms with Gasteiger partial charge in [0, 0.05) is 16.3 Å². The molecule has 3 rings (SSSR count). The van der Waals surface area contributed by atoms with Gasteiger partial charge in [-0.2, -0.15) is 0 Å². The van der Waals surface area contributed by atoms with Gasteiger partial charge in [-0.15, -0.1) is 11.8 Å². The van der Waals surface area contributed by atoms with Crippen molar-refractivity contribution in [2.45, 2.75) is 23.6 Å². The summed E-state index contributed by atoms with van der Waals surface area (Å²) in [7, 11) is -2.11. The average Bonchev–Trinajstić information content (AvgIpc) is 2.75. The molecule has 6 nitrogen and oxygen atoms in total. The molecule has 2 N–H and O–H groups in total. The zero-order valence-corrected chi connectivity index (χ0v) is 19.1. The van der Waals surface area contributed by atoms with Crippen molar-refractivity contribution in [3.8, 4) is 5.75 Å². The van der Waals surface area contributed by atoms with Gasteiger partial charge >= 0.3 is 0 Å². The number of rotatable bonds is 8. The molecule has 0 aromatic heterocycles. The predicted molar refractivity (Wildman–Crippen MR) is 126 cm³/mol. The molecule has 0 saturated heterocycles. The molecule has 0 aliphatic rings. The van der Waals surface area contributed by atoms with E-state index in [1.54, 1.807) is 31.4 Å². The van der Waals surface area contributed by atoms with E-state index in [4.69, 9.17) is 4.74 Å². The first-order valence-corrected chi connectivity index (χ1v) is 12.0. The number of ether oxygens (including phenoxy) is 1. The Bertz CT molecular complexity index is 1160. The third-order valence-electron chi connectivity index (χ3n) is 4.64. The molecule has 0 aliphatic heterocycles. The van der Waals surface area contributed by atoms with Crippen molar-refractivity contribution in [3.63, 3.8) is 0 Å². The van der Waals surface area contributed by atoms with E-state index in [-0.39, 0.29) is 16.6 Å². The van der Waals surface area contributed by atoms with E-state index < -0.39 is 10.0 Å². The summed E-state index contributed by atoms with van der Waals surface area (Å²) < 4.78 is 32.9. The topological polar surface area (TPSA) is 84.5 Å². The molecule has 0 radical (unpaired) electrons. The number of benzene rings is 3. The molecule has 0 saturated carbocycles. The summed E-state index contributed by atoms with van der Waals surface area (Å²) in [6.07, 6.45) is 0. The van der Waals surface area contributed by atoms with Crippen molar-refractivity contribution in [3.05, 3.63) is 77.9 Å². The lowest BCUT2D eigenvalue weighted by Crippen LogP contribution is -2.15. The zero-order chi connectivity index (χ0) is 22.4. The zero-order valence-electron chi connectivity index (χ0n) is 17.5. The summed E-state index contributed by atoms with van der Waals surface area (Å²) in [5.74, 6) is 0.821. The quantitative estimate of drug-likeness (QED) is 0.474. The number of anilines is 2. The molecule has 0 unspecified atom stereocenters. The number of hydrogen-bond donors (Lipinski definition) is 2. The molecule has 3 aromatic carbocycles. The number of methoxy groups -OCH3 is 1. The highest BCUT2D eigenvalue weighted by molar-refractivity contribution is 8.00. The van der Waals surface area contributed by atoms with Crippen LogP contribution in [0.15, 0.2) is 76.5 Å². The van der Waals surface area contributed by atoms with Crippen molar-refractivity contribution in [1.82, 2.24) is 0 Å². The maximum absolute atomic E-state index is 12.6. The van der Waals surface area contributed by atoms with Crippen LogP contribution in [0.2, 0.25) is 0 Å². The summed E-state index contributed by atoms with van der Waals surface area (Å²) >= 11 is 1.40. The van der Waals surface area contributed by atoms with Gasteiger partial charge in [0.25, 0.3) is 10.0 Å². The molecule has 0 aliphatic carbocycles. The van der Waals surface area contributed by atoms with E-state index in [9.17, 15) is 13.2 Å². The maximum atomic E-state index is 12.6. The third kappa shape index (κ3) is 6.26. The number of amides is 1. The van der Waals surface area contributed by atoms with Crippen LogP contribution in [0.1, 0.15) is 11.1 Å². The van der Waals surface area contributed by atoms with Gasteiger partial charge < -0.3 is 10.1 Å². The van der Waals surface area contributed by atoms with E-state index in [0.717, 1.165) is 21.8 Å². The molecule has 8 heteroatoms. The van der Waals surface area contributed by atoms with Crippen LogP contribution in [-0.4, -0.2) is 27.2 Å². The molecule has 0 bridgehead atoms. The van der Waals surface area contributed by atoms with Gasteiger partial charge in [0.05, 0.1) is 17.8 Å². The number of carbonyl (C=O) groups is 1. The molecule has 3 aromatic rings. The molecule has 1 amide bonds. The number of aryl methyl sites for hydroxylation is 2. The Morgan fingerprint density at radius 2 is 1.55 bits per heavy atom. The summed E-state index contributed by atoms with van der Waals surface area (Å²) in [6, 6.07) is 18.9. The van der Waals surface area contributed by atoms with E-state index in [0.29, 0.717) is 11.4 Å². The van der Waals surface area contributed by atoms with Gasteiger partial charge in [-0.1, -0.05) is 6.07 Å². The highest BCUT2D eigenvalue weighted by Gasteiger charge is 2.15. The van der Waals surface area contributed by atoms with Crippen LogP contribution in [0.5, 0.6) is 5.75 Å². The van der Waals surface area contributed by atoms with Crippen LogP contribution < -0.4 is 14.8 Å². The Labute approximate surface area is 187 Å². The monoisotopic (exact) mass is 456 g/mol. The molecular weight excluding hydrogens is 432 g/mol. The minimum absolute atomic E-state index is 0.122. The molecule has 0 fully saturated rings. The third-order valence-corrected chi connectivity index (χ3v) is 7.05. The molecule has 0 spiro atoms. The number of hydrogen-bond acceptors (Lipinski definition) is 5. The lowest BCUT2D eigenvalue weighted by atomic mass is 10.1. The number of sulfonamides is 1. The lowest BCUT2D eigenvalue weighted by molar-refractivity contribution is -0.113. The fourth-order valence-corrected chi connectivity index (χ4v) is 4.50. The lowest BCUT2D eigenvalue weighted by Gasteiger charge is -2.11. The maximum Gasteiger partial charge on any atom is 0.261 e. The van der Waals surface area contributed by atoms with Crippen molar-refractivity contribution in [2.75, 3.05) is 22.9 Å². The average molecular weight is 457 g/mol. The second-order valence-corrected chi connectivity index (χ2v) is 9.67. The highest BCUT2D eigenvalue weighted by Crippen LogP contribution is 2.23. The first-order valence-electron chi connectivity index (χ1n) is 9.54. The van der Waals surface area contributed by atoms with Crippen molar-refractivity contribution < 1.29 is 17.9 Å². The van der Waals surface area contributed by atoms with E-state index in [2.05, 4.69) is 10.0 Å². The summed E-state index contributed by atoms with van der Waals surface area (Å²) in [5, 5.41) is 2.78. The predicted octanol–water partition coefficient (Wildman–Crippen LogP) is 4.84. The van der Waals surface area contributed by atoms with Crippen LogP contribution in [0, 0.1) is 13.8 Å². The van der Waals surface area contributed by atoms with Gasteiger partial charge in [-0.3, -0.25) is 9.52 Å². The van der Waals surface area contributed by atoms with E-state index >= 15 is 0 Å². The van der Waals surface area contributed by atoms with Crippen LogP contribution in [-0.2, 0) is 14.8 Å². The summed E-state index contributed by atoms with van der Waals surface area (Å²) in [4.78, 5) is 13.3. The Morgan fingerprint density at radius 1 is 0.903 bits per heavy atom. The first-order chi connectivity index (χ1) is 14.8. The van der Waals surface area contributed by atoms with Gasteiger partial charge in [-0.25, -0.2) is 8.42 Å². The van der Waals surface area contributed by atoms with Crippen molar-refractivity contribution >= 4 is 39.1 Å². The Hall–Kier alpha value is -2.97. The molecule has 162 valence electrons.